The summed E-state index contributed by atoms with van der Waals surface area (Å²) in [5.74, 6) is 1.92. The van der Waals surface area contributed by atoms with Gasteiger partial charge in [0.05, 0.1) is 0 Å². The fourth-order valence-corrected chi connectivity index (χ4v) is 1.72. The van der Waals surface area contributed by atoms with Crippen LogP contribution in [-0.4, -0.2) is 29.3 Å². The van der Waals surface area contributed by atoms with Crippen molar-refractivity contribution >= 4 is 11.8 Å². The molecule has 0 aromatic carbocycles. The number of primary amides is 1. The first-order valence-corrected chi connectivity index (χ1v) is 4.65. The molecule has 1 fully saturated rings. The highest BCUT2D eigenvalue weighted by Gasteiger charge is 2.34. The largest absolute Gasteiger partial charge is 0.368 e. The third-order valence-electron chi connectivity index (χ3n) is 2.49. The Kier molecular flexibility index (Phi) is 3.13. The van der Waals surface area contributed by atoms with E-state index in [1.54, 1.807) is 0 Å². The number of likely N-dealkylation sites (tertiary alicyclic amines) is 1. The van der Waals surface area contributed by atoms with Gasteiger partial charge in [0.1, 0.15) is 6.04 Å². The van der Waals surface area contributed by atoms with Crippen molar-refractivity contribution in [3.63, 3.8) is 0 Å². The van der Waals surface area contributed by atoms with E-state index in [-0.39, 0.29) is 11.8 Å². The summed E-state index contributed by atoms with van der Waals surface area (Å²) in [6.07, 6.45) is 6.10. The molecule has 14 heavy (non-hydrogen) atoms. The molecule has 0 aromatic heterocycles. The lowest BCUT2D eigenvalue weighted by atomic mass is 10.1. The third kappa shape index (κ3) is 1.87. The van der Waals surface area contributed by atoms with Crippen molar-refractivity contribution < 1.29 is 9.59 Å². The molecule has 1 rings (SSSR count). The second-order valence-corrected chi connectivity index (χ2v) is 3.44. The molecule has 0 saturated carbocycles. The Labute approximate surface area is 83.4 Å². The first kappa shape index (κ1) is 10.6. The molecule has 1 heterocycles. The van der Waals surface area contributed by atoms with Crippen LogP contribution in [0.4, 0.5) is 0 Å². The molecule has 2 atom stereocenters. The van der Waals surface area contributed by atoms with E-state index < -0.39 is 11.9 Å². The SMILES string of the molecule is C#CC1CC(=O)N([C@@H](CC)C(N)=O)C1. The predicted octanol–water partition coefficient (Wildman–Crippen LogP) is -0.268. The first-order valence-electron chi connectivity index (χ1n) is 4.65. The van der Waals surface area contributed by atoms with Gasteiger partial charge < -0.3 is 10.6 Å². The van der Waals surface area contributed by atoms with Gasteiger partial charge >= 0.3 is 0 Å². The third-order valence-corrected chi connectivity index (χ3v) is 2.49. The van der Waals surface area contributed by atoms with E-state index in [2.05, 4.69) is 5.92 Å². The Bertz CT molecular complexity index is 293. The van der Waals surface area contributed by atoms with Gasteiger partial charge in [0.2, 0.25) is 11.8 Å². The Balaban J connectivity index is 2.74. The summed E-state index contributed by atoms with van der Waals surface area (Å²) in [7, 11) is 0. The lowest BCUT2D eigenvalue weighted by Crippen LogP contribution is -2.45. The molecule has 76 valence electrons. The average molecular weight is 194 g/mol. The van der Waals surface area contributed by atoms with Crippen LogP contribution in [-0.2, 0) is 9.59 Å². The van der Waals surface area contributed by atoms with Crippen molar-refractivity contribution in [3.8, 4) is 12.3 Å². The predicted molar refractivity (Wildman–Crippen MR) is 51.9 cm³/mol. The quantitative estimate of drug-likeness (QED) is 0.629. The zero-order valence-corrected chi connectivity index (χ0v) is 8.19. The maximum atomic E-state index is 11.5. The maximum Gasteiger partial charge on any atom is 0.240 e. The monoisotopic (exact) mass is 194 g/mol. The molecule has 1 aliphatic heterocycles. The fourth-order valence-electron chi connectivity index (χ4n) is 1.72. The molecule has 1 saturated heterocycles. The van der Waals surface area contributed by atoms with Gasteiger partial charge in [-0.2, -0.15) is 0 Å². The van der Waals surface area contributed by atoms with Crippen LogP contribution in [0.5, 0.6) is 0 Å². The highest BCUT2D eigenvalue weighted by molar-refractivity contribution is 5.88. The summed E-state index contributed by atoms with van der Waals surface area (Å²) < 4.78 is 0. The van der Waals surface area contributed by atoms with E-state index in [0.717, 1.165) is 0 Å². The second kappa shape index (κ2) is 4.14. The van der Waals surface area contributed by atoms with Crippen LogP contribution in [0.2, 0.25) is 0 Å². The van der Waals surface area contributed by atoms with Crippen molar-refractivity contribution in [1.29, 1.82) is 0 Å². The highest BCUT2D eigenvalue weighted by atomic mass is 16.2. The van der Waals surface area contributed by atoms with E-state index in [4.69, 9.17) is 12.2 Å². The molecular weight excluding hydrogens is 180 g/mol. The van der Waals surface area contributed by atoms with Gasteiger partial charge in [-0.25, -0.2) is 0 Å². The summed E-state index contributed by atoms with van der Waals surface area (Å²) in [4.78, 5) is 24.0. The lowest BCUT2D eigenvalue weighted by Gasteiger charge is -2.23. The van der Waals surface area contributed by atoms with E-state index >= 15 is 0 Å². The molecule has 0 radical (unpaired) electrons. The molecule has 0 spiro atoms. The van der Waals surface area contributed by atoms with E-state index in [1.807, 2.05) is 6.92 Å². The number of terminal acetylenes is 1. The number of rotatable bonds is 3. The van der Waals surface area contributed by atoms with Gasteiger partial charge in [-0.3, -0.25) is 9.59 Å². The topological polar surface area (TPSA) is 63.4 Å². The fraction of sp³-hybridized carbons (Fsp3) is 0.600. The number of hydrogen-bond donors (Lipinski definition) is 1. The Morgan fingerprint density at radius 1 is 1.86 bits per heavy atom. The van der Waals surface area contributed by atoms with Crippen molar-refractivity contribution in [3.05, 3.63) is 0 Å². The Morgan fingerprint density at radius 2 is 2.50 bits per heavy atom. The summed E-state index contributed by atoms with van der Waals surface area (Å²) in [6, 6.07) is -0.499. The minimum atomic E-state index is -0.499. The number of nitrogens with zero attached hydrogens (tertiary/aromatic N) is 1. The summed E-state index contributed by atoms with van der Waals surface area (Å²) in [5, 5.41) is 0. The number of nitrogens with two attached hydrogens (primary N) is 1. The smallest absolute Gasteiger partial charge is 0.240 e. The zero-order chi connectivity index (χ0) is 10.7. The zero-order valence-electron chi connectivity index (χ0n) is 8.19. The molecule has 0 bridgehead atoms. The van der Waals surface area contributed by atoms with Crippen LogP contribution in [0, 0.1) is 18.3 Å². The molecule has 0 aliphatic carbocycles. The van der Waals surface area contributed by atoms with Crippen molar-refractivity contribution in [2.45, 2.75) is 25.8 Å². The van der Waals surface area contributed by atoms with Crippen LogP contribution in [0.3, 0.4) is 0 Å². The van der Waals surface area contributed by atoms with E-state index in [9.17, 15) is 9.59 Å². The first-order chi connectivity index (χ1) is 6.60. The van der Waals surface area contributed by atoms with Gasteiger partial charge in [-0.1, -0.05) is 6.92 Å². The Morgan fingerprint density at radius 3 is 2.86 bits per heavy atom. The molecule has 2 N–H and O–H groups in total. The molecule has 0 aromatic rings. The van der Waals surface area contributed by atoms with Crippen LogP contribution >= 0.6 is 0 Å². The standard InChI is InChI=1S/C10H14N2O2/c1-3-7-5-9(13)12(6-7)8(4-2)10(11)14/h1,7-8H,4-6H2,2H3,(H2,11,14)/t7?,8-/m0/s1. The second-order valence-electron chi connectivity index (χ2n) is 3.44. The molecule has 4 nitrogen and oxygen atoms in total. The number of hydrogen-bond acceptors (Lipinski definition) is 2. The maximum absolute atomic E-state index is 11.5. The number of carbonyl (C=O) groups excluding carboxylic acids is 2. The average Bonchev–Trinajstić information content (AvgIpc) is 2.48. The van der Waals surface area contributed by atoms with E-state index in [0.29, 0.717) is 19.4 Å². The minimum absolute atomic E-state index is 0.0707. The van der Waals surface area contributed by atoms with Crippen LogP contribution in [0.1, 0.15) is 19.8 Å². The molecule has 1 unspecified atom stereocenters. The van der Waals surface area contributed by atoms with Crippen LogP contribution < -0.4 is 5.73 Å². The van der Waals surface area contributed by atoms with Gasteiger partial charge in [-0.15, -0.1) is 12.3 Å². The van der Waals surface area contributed by atoms with Crippen LogP contribution in [0.15, 0.2) is 0 Å². The van der Waals surface area contributed by atoms with Crippen molar-refractivity contribution in [2.24, 2.45) is 11.7 Å². The normalized spacial score (nSPS) is 23.3. The number of carbonyl (C=O) groups is 2. The Hall–Kier alpha value is -1.50. The van der Waals surface area contributed by atoms with Gasteiger partial charge in [0.25, 0.3) is 0 Å². The van der Waals surface area contributed by atoms with Gasteiger partial charge in [-0.05, 0) is 6.42 Å². The highest BCUT2D eigenvalue weighted by Crippen LogP contribution is 2.20. The van der Waals surface area contributed by atoms with Crippen molar-refractivity contribution in [2.75, 3.05) is 6.54 Å². The molecule has 4 heteroatoms. The summed E-state index contributed by atoms with van der Waals surface area (Å²) >= 11 is 0. The molecular formula is C10H14N2O2. The molecule has 2 amide bonds. The van der Waals surface area contributed by atoms with Gasteiger partial charge in [0, 0.05) is 18.9 Å². The summed E-state index contributed by atoms with van der Waals surface area (Å²) in [6.45, 7) is 2.28. The van der Waals surface area contributed by atoms with Crippen LogP contribution in [0.25, 0.3) is 0 Å². The molecule has 1 aliphatic rings. The van der Waals surface area contributed by atoms with Crippen molar-refractivity contribution in [1.82, 2.24) is 4.90 Å². The summed E-state index contributed by atoms with van der Waals surface area (Å²) in [5.41, 5.74) is 5.19. The van der Waals surface area contributed by atoms with E-state index in [1.165, 1.54) is 4.90 Å². The lowest BCUT2D eigenvalue weighted by molar-refractivity contribution is -0.136. The van der Waals surface area contributed by atoms with Gasteiger partial charge in [0.15, 0.2) is 0 Å². The minimum Gasteiger partial charge on any atom is -0.368 e. The number of amides is 2.